The van der Waals surface area contributed by atoms with Gasteiger partial charge in [0.2, 0.25) is 5.91 Å². The number of rotatable bonds is 10. The molecule has 2 atom stereocenters. The van der Waals surface area contributed by atoms with Crippen LogP contribution in [0.4, 0.5) is 0 Å². The Kier molecular flexibility index (Phi) is 8.95. The van der Waals surface area contributed by atoms with Crippen LogP contribution in [0.25, 0.3) is 0 Å². The lowest BCUT2D eigenvalue weighted by Gasteiger charge is -2.50. The fourth-order valence-corrected chi connectivity index (χ4v) is 11.4. The van der Waals surface area contributed by atoms with Crippen molar-refractivity contribution in [1.82, 2.24) is 4.90 Å². The SMILES string of the molecule is CC(C)(C)[Si](C)(C)O[C@H](CO[Si](c1ccccc1)(c1ccccc1)C(C)(C)C)[C@@H]1CC(=O)N1Cc1ccccc1. The van der Waals surface area contributed by atoms with Gasteiger partial charge in [-0.1, -0.05) is 133 Å². The molecule has 0 aromatic heterocycles. The van der Waals surface area contributed by atoms with Crippen molar-refractivity contribution in [3.05, 3.63) is 96.6 Å². The summed E-state index contributed by atoms with van der Waals surface area (Å²) in [4.78, 5) is 15.0. The largest absolute Gasteiger partial charge is 0.410 e. The van der Waals surface area contributed by atoms with Crippen molar-refractivity contribution < 1.29 is 13.6 Å². The number of carbonyl (C=O) groups excluding carboxylic acids is 1. The van der Waals surface area contributed by atoms with E-state index in [1.807, 2.05) is 23.1 Å². The Morgan fingerprint density at radius 2 is 1.25 bits per heavy atom. The Morgan fingerprint density at radius 1 is 0.775 bits per heavy atom. The zero-order valence-electron chi connectivity index (χ0n) is 25.6. The van der Waals surface area contributed by atoms with Crippen molar-refractivity contribution in [1.29, 1.82) is 0 Å². The first-order valence-electron chi connectivity index (χ1n) is 14.5. The van der Waals surface area contributed by atoms with Crippen molar-refractivity contribution >= 4 is 32.9 Å². The van der Waals surface area contributed by atoms with Gasteiger partial charge in [0.05, 0.1) is 18.8 Å². The summed E-state index contributed by atoms with van der Waals surface area (Å²) in [6.07, 6.45) is 0.292. The third-order valence-electron chi connectivity index (χ3n) is 8.86. The highest BCUT2D eigenvalue weighted by Crippen LogP contribution is 2.41. The number of benzene rings is 3. The third kappa shape index (κ3) is 6.20. The summed E-state index contributed by atoms with van der Waals surface area (Å²) in [6, 6.07) is 31.7. The molecule has 0 spiro atoms. The fraction of sp³-hybridized carbons (Fsp3) is 0.441. The molecule has 1 aliphatic heterocycles. The number of amides is 1. The van der Waals surface area contributed by atoms with Gasteiger partial charge in [-0.3, -0.25) is 4.79 Å². The van der Waals surface area contributed by atoms with E-state index in [2.05, 4.69) is 127 Å². The van der Waals surface area contributed by atoms with Gasteiger partial charge in [-0.15, -0.1) is 0 Å². The van der Waals surface area contributed by atoms with Crippen molar-refractivity contribution in [3.8, 4) is 0 Å². The van der Waals surface area contributed by atoms with Crippen molar-refractivity contribution in [2.24, 2.45) is 0 Å². The second kappa shape index (κ2) is 11.8. The van der Waals surface area contributed by atoms with Crippen LogP contribution in [0.3, 0.4) is 0 Å². The molecule has 214 valence electrons. The van der Waals surface area contributed by atoms with E-state index in [1.165, 1.54) is 10.4 Å². The highest BCUT2D eigenvalue weighted by molar-refractivity contribution is 6.99. The summed E-state index contributed by atoms with van der Waals surface area (Å²) >= 11 is 0. The van der Waals surface area contributed by atoms with Crippen molar-refractivity contribution in [2.75, 3.05) is 6.61 Å². The lowest BCUT2D eigenvalue weighted by molar-refractivity contribution is -0.153. The van der Waals surface area contributed by atoms with Crippen LogP contribution in [-0.2, 0) is 20.2 Å². The van der Waals surface area contributed by atoms with Gasteiger partial charge in [0.1, 0.15) is 0 Å². The van der Waals surface area contributed by atoms with Crippen LogP contribution in [0.5, 0.6) is 0 Å². The number of hydrogen-bond acceptors (Lipinski definition) is 3. The minimum absolute atomic E-state index is 0.0138. The number of likely N-dealkylation sites (tertiary alicyclic amines) is 1. The first-order chi connectivity index (χ1) is 18.8. The Balaban J connectivity index is 1.73. The quantitative estimate of drug-likeness (QED) is 0.199. The highest BCUT2D eigenvalue weighted by atomic mass is 28.4. The predicted octanol–water partition coefficient (Wildman–Crippen LogP) is 6.75. The molecule has 3 aromatic carbocycles. The van der Waals surface area contributed by atoms with Gasteiger partial charge < -0.3 is 13.8 Å². The van der Waals surface area contributed by atoms with E-state index >= 15 is 0 Å². The maximum Gasteiger partial charge on any atom is 0.261 e. The smallest absolute Gasteiger partial charge is 0.261 e. The molecule has 1 amide bonds. The summed E-state index contributed by atoms with van der Waals surface area (Å²) in [7, 11) is -4.91. The monoisotopic (exact) mass is 573 g/mol. The van der Waals surface area contributed by atoms with Crippen LogP contribution in [0.1, 0.15) is 53.5 Å². The highest BCUT2D eigenvalue weighted by Gasteiger charge is 2.52. The first-order valence-corrected chi connectivity index (χ1v) is 19.3. The molecular formula is C34H47NO3Si2. The molecule has 0 radical (unpaired) electrons. The summed E-state index contributed by atoms with van der Waals surface area (Å²) < 4.78 is 14.5. The molecule has 3 aromatic rings. The van der Waals surface area contributed by atoms with E-state index < -0.39 is 16.6 Å². The summed E-state index contributed by atoms with van der Waals surface area (Å²) in [6.45, 7) is 19.4. The van der Waals surface area contributed by atoms with Gasteiger partial charge in [-0.25, -0.2) is 0 Å². The van der Waals surface area contributed by atoms with E-state index in [1.54, 1.807) is 0 Å². The van der Waals surface area contributed by atoms with Crippen LogP contribution in [0.15, 0.2) is 91.0 Å². The molecule has 1 heterocycles. The molecule has 0 bridgehead atoms. The summed E-state index contributed by atoms with van der Waals surface area (Å²) in [5.41, 5.74) is 1.14. The Morgan fingerprint density at radius 3 is 1.68 bits per heavy atom. The number of carbonyl (C=O) groups is 1. The molecule has 40 heavy (non-hydrogen) atoms. The van der Waals surface area contributed by atoms with E-state index in [0.717, 1.165) is 5.56 Å². The minimum atomic E-state index is -2.75. The standard InChI is InChI=1S/C34H47NO3Si2/c1-33(2,3)39(7,8)38-31(30-24-32(36)35(30)25-27-18-12-9-13-19-27)26-37-40(34(4,5)6,28-20-14-10-15-21-28)29-22-16-11-17-23-29/h9-23,30-31H,24-26H2,1-8H3/t30-,31+/m0/s1. The van der Waals surface area contributed by atoms with Crippen LogP contribution in [0, 0.1) is 0 Å². The molecule has 4 rings (SSSR count). The van der Waals surface area contributed by atoms with Gasteiger partial charge >= 0.3 is 0 Å². The molecule has 0 aliphatic carbocycles. The number of hydrogen-bond donors (Lipinski definition) is 0. The molecule has 1 fully saturated rings. The van der Waals surface area contributed by atoms with Crippen LogP contribution in [0.2, 0.25) is 23.2 Å². The van der Waals surface area contributed by atoms with Crippen LogP contribution in [-0.4, -0.2) is 46.2 Å². The average molecular weight is 574 g/mol. The van der Waals surface area contributed by atoms with E-state index in [-0.39, 0.29) is 28.1 Å². The van der Waals surface area contributed by atoms with Gasteiger partial charge in [0.25, 0.3) is 8.32 Å². The van der Waals surface area contributed by atoms with E-state index in [9.17, 15) is 4.79 Å². The Bertz CT molecular complexity index is 1210. The van der Waals surface area contributed by atoms with Crippen molar-refractivity contribution in [3.63, 3.8) is 0 Å². The van der Waals surface area contributed by atoms with Crippen LogP contribution >= 0.6 is 0 Å². The van der Waals surface area contributed by atoms with Crippen LogP contribution < -0.4 is 10.4 Å². The molecule has 1 aliphatic rings. The number of nitrogens with zero attached hydrogens (tertiary/aromatic N) is 1. The molecule has 0 saturated carbocycles. The molecule has 1 saturated heterocycles. The van der Waals surface area contributed by atoms with Crippen molar-refractivity contribution in [2.45, 2.75) is 89.8 Å². The lowest BCUT2D eigenvalue weighted by atomic mass is 9.95. The third-order valence-corrected chi connectivity index (χ3v) is 18.4. The number of β-lactam (4-membered cyclic amide) rings is 1. The molecular weight excluding hydrogens is 527 g/mol. The molecule has 0 N–H and O–H groups in total. The molecule has 6 heteroatoms. The summed E-state index contributed by atoms with van der Waals surface area (Å²) in [5, 5.41) is 2.42. The van der Waals surface area contributed by atoms with E-state index in [0.29, 0.717) is 19.6 Å². The zero-order valence-corrected chi connectivity index (χ0v) is 27.6. The predicted molar refractivity (Wildman–Crippen MR) is 171 cm³/mol. The Labute approximate surface area is 244 Å². The van der Waals surface area contributed by atoms with Gasteiger partial charge in [-0.2, -0.15) is 0 Å². The summed E-state index contributed by atoms with van der Waals surface area (Å²) in [5.74, 6) is 0.183. The zero-order chi connectivity index (χ0) is 29.2. The normalized spacial score (nSPS) is 17.4. The Hall–Kier alpha value is -2.52. The minimum Gasteiger partial charge on any atom is -0.410 e. The maximum absolute atomic E-state index is 13.0. The van der Waals surface area contributed by atoms with E-state index in [4.69, 9.17) is 8.85 Å². The van der Waals surface area contributed by atoms with Gasteiger partial charge in [-0.05, 0) is 39.1 Å². The van der Waals surface area contributed by atoms with Gasteiger partial charge in [0.15, 0.2) is 8.32 Å². The fourth-order valence-electron chi connectivity index (χ4n) is 5.54. The second-order valence-electron chi connectivity index (χ2n) is 13.7. The maximum atomic E-state index is 13.0. The van der Waals surface area contributed by atoms with Gasteiger partial charge in [0, 0.05) is 13.0 Å². The first kappa shape index (κ1) is 30.4. The second-order valence-corrected chi connectivity index (χ2v) is 22.7. The lowest BCUT2D eigenvalue weighted by Crippen LogP contribution is -2.68. The molecule has 0 unspecified atom stereocenters. The molecule has 4 nitrogen and oxygen atoms in total. The average Bonchev–Trinajstić information content (AvgIpc) is 2.90. The topological polar surface area (TPSA) is 38.8 Å².